The number of aliphatic hydroxyl groups excluding tert-OH is 1. The van der Waals surface area contributed by atoms with E-state index in [1.54, 1.807) is 20.8 Å². The number of phenolic OH excluding ortho intramolecular Hbond substituents is 1. The number of carboxylic acid groups (broad SMARTS) is 1. The van der Waals surface area contributed by atoms with Crippen LogP contribution in [-0.2, 0) is 35.2 Å². The third-order valence-electron chi connectivity index (χ3n) is 6.73. The Labute approximate surface area is 250 Å². The highest BCUT2D eigenvalue weighted by atomic mass is 16.4. The van der Waals surface area contributed by atoms with Gasteiger partial charge in [0.25, 0.3) is 0 Å². The molecule has 0 spiro atoms. The second kappa shape index (κ2) is 17.7. The zero-order valence-electron chi connectivity index (χ0n) is 25.0. The van der Waals surface area contributed by atoms with Crippen molar-refractivity contribution in [2.45, 2.75) is 77.7 Å². The minimum absolute atomic E-state index is 0.0272. The lowest BCUT2D eigenvalue weighted by atomic mass is 9.96. The van der Waals surface area contributed by atoms with Crippen molar-refractivity contribution in [1.29, 1.82) is 0 Å². The maximum atomic E-state index is 13.3. The predicted octanol–water partition coefficient (Wildman–Crippen LogP) is -1.88. The predicted molar refractivity (Wildman–Crippen MR) is 155 cm³/mol. The SMILES string of the molecule is CC[C@H](C)[C@H](NC(=O)CN)C(=O)N[C@H](C(=O)N[C@H](C(=O)N[C@@H](Cc1ccc(O)cc1)C(=O)NCC(=O)O)[C@@H](C)O)C(C)C. The molecule has 0 aliphatic carbocycles. The molecule has 0 aromatic heterocycles. The number of aliphatic carboxylic acids is 1. The normalized spacial score (nSPS) is 15.2. The molecule has 0 aliphatic heterocycles. The summed E-state index contributed by atoms with van der Waals surface area (Å²) in [6.45, 7) is 7.08. The fourth-order valence-electron chi connectivity index (χ4n) is 3.98. The highest BCUT2D eigenvalue weighted by molar-refractivity contribution is 5.96. The van der Waals surface area contributed by atoms with Crippen LogP contribution in [0, 0.1) is 11.8 Å². The summed E-state index contributed by atoms with van der Waals surface area (Å²) in [6.07, 6.45) is -1.01. The maximum Gasteiger partial charge on any atom is 0.322 e. The van der Waals surface area contributed by atoms with Gasteiger partial charge in [0.05, 0.1) is 12.6 Å². The van der Waals surface area contributed by atoms with E-state index < -0.39 is 78.2 Å². The van der Waals surface area contributed by atoms with E-state index in [0.717, 1.165) is 0 Å². The molecule has 0 heterocycles. The number of benzene rings is 1. The summed E-state index contributed by atoms with van der Waals surface area (Å²) in [4.78, 5) is 75.3. The summed E-state index contributed by atoms with van der Waals surface area (Å²) in [5.41, 5.74) is 5.89. The Morgan fingerprint density at radius 3 is 1.81 bits per heavy atom. The van der Waals surface area contributed by atoms with Crippen molar-refractivity contribution in [1.82, 2.24) is 26.6 Å². The molecule has 0 aliphatic rings. The quantitative estimate of drug-likeness (QED) is 0.0951. The Balaban J connectivity index is 3.15. The van der Waals surface area contributed by atoms with Gasteiger partial charge in [0.1, 0.15) is 36.5 Å². The zero-order valence-corrected chi connectivity index (χ0v) is 25.0. The maximum absolute atomic E-state index is 13.3. The average Bonchev–Trinajstić information content (AvgIpc) is 2.95. The molecule has 1 rings (SSSR count). The number of carbonyl (C=O) groups excluding carboxylic acids is 5. The summed E-state index contributed by atoms with van der Waals surface area (Å²) in [5, 5.41) is 41.0. The summed E-state index contributed by atoms with van der Waals surface area (Å²) < 4.78 is 0. The molecule has 0 fully saturated rings. The van der Waals surface area contributed by atoms with Gasteiger partial charge in [-0.1, -0.05) is 46.2 Å². The molecule has 6 atom stereocenters. The van der Waals surface area contributed by atoms with Crippen LogP contribution in [0.1, 0.15) is 46.6 Å². The van der Waals surface area contributed by atoms with E-state index >= 15 is 0 Å². The smallest absolute Gasteiger partial charge is 0.322 e. The number of rotatable bonds is 17. The summed E-state index contributed by atoms with van der Waals surface area (Å²) >= 11 is 0. The number of aliphatic hydroxyl groups is 1. The molecule has 0 saturated carbocycles. The van der Waals surface area contributed by atoms with Crippen molar-refractivity contribution >= 4 is 35.5 Å². The highest BCUT2D eigenvalue weighted by Gasteiger charge is 2.35. The van der Waals surface area contributed by atoms with Gasteiger partial charge in [0.15, 0.2) is 0 Å². The first-order valence-corrected chi connectivity index (χ1v) is 14.0. The largest absolute Gasteiger partial charge is 0.508 e. The lowest BCUT2D eigenvalue weighted by Gasteiger charge is -2.30. The van der Waals surface area contributed by atoms with E-state index in [-0.39, 0.29) is 24.6 Å². The van der Waals surface area contributed by atoms with Crippen molar-refractivity contribution in [3.05, 3.63) is 29.8 Å². The van der Waals surface area contributed by atoms with Gasteiger partial charge in [0, 0.05) is 6.42 Å². The van der Waals surface area contributed by atoms with Crippen LogP contribution < -0.4 is 32.3 Å². The molecule has 15 heteroatoms. The Kier molecular flexibility index (Phi) is 15.1. The molecule has 5 amide bonds. The Bertz CT molecular complexity index is 1130. The highest BCUT2D eigenvalue weighted by Crippen LogP contribution is 2.13. The van der Waals surface area contributed by atoms with Crippen LogP contribution >= 0.6 is 0 Å². The Hall–Kier alpha value is -4.24. The van der Waals surface area contributed by atoms with Crippen LogP contribution in [0.25, 0.3) is 0 Å². The molecule has 0 bridgehead atoms. The lowest BCUT2D eigenvalue weighted by molar-refractivity contribution is -0.139. The summed E-state index contributed by atoms with van der Waals surface area (Å²) in [5.74, 6) is -5.87. The minimum Gasteiger partial charge on any atom is -0.508 e. The number of nitrogens with two attached hydrogens (primary N) is 1. The molecular weight excluding hydrogens is 564 g/mol. The molecule has 240 valence electrons. The number of amides is 5. The van der Waals surface area contributed by atoms with Crippen molar-refractivity contribution in [2.75, 3.05) is 13.1 Å². The second-order valence-electron chi connectivity index (χ2n) is 10.6. The van der Waals surface area contributed by atoms with E-state index in [0.29, 0.717) is 12.0 Å². The molecule has 0 unspecified atom stereocenters. The second-order valence-corrected chi connectivity index (χ2v) is 10.6. The summed E-state index contributed by atoms with van der Waals surface area (Å²) in [6, 6.07) is 0.730. The molecule has 43 heavy (non-hydrogen) atoms. The van der Waals surface area contributed by atoms with Crippen LogP contribution in [0.5, 0.6) is 5.75 Å². The van der Waals surface area contributed by atoms with Crippen LogP contribution in [0.2, 0.25) is 0 Å². The number of carbonyl (C=O) groups is 6. The number of phenols is 1. The minimum atomic E-state index is -1.57. The van der Waals surface area contributed by atoms with Gasteiger partial charge in [-0.15, -0.1) is 0 Å². The van der Waals surface area contributed by atoms with Gasteiger partial charge in [-0.25, -0.2) is 0 Å². The molecular formula is C28H44N6O9. The van der Waals surface area contributed by atoms with Crippen molar-refractivity contribution in [3.8, 4) is 5.75 Å². The van der Waals surface area contributed by atoms with Gasteiger partial charge < -0.3 is 47.6 Å². The third-order valence-corrected chi connectivity index (χ3v) is 6.73. The van der Waals surface area contributed by atoms with Gasteiger partial charge in [-0.2, -0.15) is 0 Å². The topological polar surface area (TPSA) is 249 Å². The van der Waals surface area contributed by atoms with E-state index in [9.17, 15) is 39.0 Å². The summed E-state index contributed by atoms with van der Waals surface area (Å²) in [7, 11) is 0. The molecule has 1 aromatic carbocycles. The van der Waals surface area contributed by atoms with Gasteiger partial charge >= 0.3 is 5.97 Å². The fraction of sp³-hybridized carbons (Fsp3) is 0.571. The Morgan fingerprint density at radius 1 is 0.791 bits per heavy atom. The first-order chi connectivity index (χ1) is 20.1. The number of aromatic hydroxyl groups is 1. The van der Waals surface area contributed by atoms with E-state index in [2.05, 4.69) is 26.6 Å². The van der Waals surface area contributed by atoms with Crippen LogP contribution in [0.15, 0.2) is 24.3 Å². The van der Waals surface area contributed by atoms with Gasteiger partial charge in [-0.3, -0.25) is 28.8 Å². The monoisotopic (exact) mass is 608 g/mol. The van der Waals surface area contributed by atoms with Crippen molar-refractivity contribution in [3.63, 3.8) is 0 Å². The third kappa shape index (κ3) is 12.3. The van der Waals surface area contributed by atoms with E-state index in [4.69, 9.17) is 10.8 Å². The van der Waals surface area contributed by atoms with E-state index in [1.807, 2.05) is 6.92 Å². The Morgan fingerprint density at radius 2 is 1.33 bits per heavy atom. The van der Waals surface area contributed by atoms with Crippen molar-refractivity contribution < 1.29 is 44.1 Å². The van der Waals surface area contributed by atoms with Crippen molar-refractivity contribution in [2.24, 2.45) is 17.6 Å². The standard InChI is InChI=1S/C28H44N6O9/c1-6-15(4)23(32-20(37)12-29)27(42)33-22(14(2)3)26(41)34-24(16(5)35)28(43)31-19(25(40)30-13-21(38)39)11-17-7-9-18(36)10-8-17/h7-10,14-16,19,22-24,35-36H,6,11-13,29H2,1-5H3,(H,30,40)(H,31,43)(H,32,37)(H,33,42)(H,34,41)(H,38,39)/t15-,16+,19-,22-,23-,24-/m0/s1. The van der Waals surface area contributed by atoms with E-state index in [1.165, 1.54) is 31.2 Å². The number of hydrogen-bond acceptors (Lipinski definition) is 9. The molecule has 10 N–H and O–H groups in total. The fourth-order valence-corrected chi connectivity index (χ4v) is 3.98. The first-order valence-electron chi connectivity index (χ1n) is 14.0. The molecule has 0 saturated heterocycles. The zero-order chi connectivity index (χ0) is 32.9. The number of hydrogen-bond donors (Lipinski definition) is 9. The van der Waals surface area contributed by atoms with Crippen LogP contribution in [0.3, 0.4) is 0 Å². The van der Waals surface area contributed by atoms with Crippen LogP contribution in [-0.4, -0.2) is 94.2 Å². The van der Waals surface area contributed by atoms with Gasteiger partial charge in [0.2, 0.25) is 29.5 Å². The lowest BCUT2D eigenvalue weighted by Crippen LogP contribution is -2.62. The number of carboxylic acids is 1. The molecule has 0 radical (unpaired) electrons. The molecule has 1 aromatic rings. The van der Waals surface area contributed by atoms with Crippen LogP contribution in [0.4, 0.5) is 0 Å². The molecule has 15 nitrogen and oxygen atoms in total. The first kappa shape index (κ1) is 36.8. The number of nitrogens with one attached hydrogen (secondary N) is 5. The average molecular weight is 609 g/mol. The van der Waals surface area contributed by atoms with Gasteiger partial charge in [-0.05, 0) is 36.5 Å².